The number of hydrogen-bond donors (Lipinski definition) is 1. The number of rotatable bonds is 8. The van der Waals surface area contributed by atoms with E-state index in [0.717, 1.165) is 29.5 Å². The Bertz CT molecular complexity index is 904. The number of thiophene rings is 1. The zero-order valence-electron chi connectivity index (χ0n) is 15.7. The lowest BCUT2D eigenvalue weighted by molar-refractivity contribution is -0.120. The van der Waals surface area contributed by atoms with Gasteiger partial charge in [0, 0.05) is 25.1 Å². The number of thioether (sulfide) groups is 1. The third-order valence-corrected chi connectivity index (χ3v) is 6.88. The van der Waals surface area contributed by atoms with Crippen LogP contribution >= 0.6 is 23.1 Å². The number of nitrogens with one attached hydrogen (secondary N) is 1. The van der Waals surface area contributed by atoms with Crippen LogP contribution in [0.15, 0.2) is 22.6 Å². The van der Waals surface area contributed by atoms with Gasteiger partial charge in [0.25, 0.3) is 5.56 Å². The van der Waals surface area contributed by atoms with Gasteiger partial charge in [0.2, 0.25) is 5.91 Å². The largest absolute Gasteiger partial charge is 0.383 e. The lowest BCUT2D eigenvalue weighted by Gasteiger charge is -2.15. The molecule has 0 fully saturated rings. The summed E-state index contributed by atoms with van der Waals surface area (Å²) < 4.78 is 6.60. The Morgan fingerprint density at radius 3 is 3.00 bits per heavy atom. The summed E-state index contributed by atoms with van der Waals surface area (Å²) in [5.74, 6) is -0.0953. The predicted octanol–water partition coefficient (Wildman–Crippen LogP) is 2.77. The van der Waals surface area contributed by atoms with Crippen molar-refractivity contribution in [2.75, 3.05) is 20.3 Å². The van der Waals surface area contributed by atoms with Crippen LogP contribution in [0.4, 0.5) is 0 Å². The van der Waals surface area contributed by atoms with Gasteiger partial charge in [-0.2, -0.15) is 0 Å². The average Bonchev–Trinajstić information content (AvgIpc) is 3.03. The quantitative estimate of drug-likeness (QED) is 0.315. The van der Waals surface area contributed by atoms with Crippen LogP contribution in [0, 0.1) is 0 Å². The molecule has 0 spiro atoms. The van der Waals surface area contributed by atoms with Crippen molar-refractivity contribution in [1.82, 2.24) is 14.9 Å². The molecule has 3 rings (SSSR count). The first-order chi connectivity index (χ1) is 13.1. The molecule has 0 aliphatic heterocycles. The van der Waals surface area contributed by atoms with Crippen LogP contribution in [0.1, 0.15) is 30.2 Å². The van der Waals surface area contributed by atoms with Crippen LogP contribution in [0.2, 0.25) is 0 Å². The number of aromatic nitrogens is 2. The molecule has 0 aromatic carbocycles. The SMILES string of the molecule is C=CCn1c(S[C@H](C)C(=O)NCCOC)nc2sc3c(c2c1=O)CCCC3. The second kappa shape index (κ2) is 9.03. The Kier molecular flexibility index (Phi) is 6.73. The standard InChI is InChI=1S/C19H25N3O3S2/c1-4-10-22-18(24)15-13-7-5-6-8-14(13)27-17(15)21-19(22)26-12(2)16(23)20-9-11-25-3/h4,12H,1,5-11H2,2-3H3,(H,20,23)/t12-/m1/s1. The first-order valence-corrected chi connectivity index (χ1v) is 10.9. The van der Waals surface area contributed by atoms with E-state index in [2.05, 4.69) is 11.9 Å². The van der Waals surface area contributed by atoms with Gasteiger partial charge in [0.1, 0.15) is 4.83 Å². The molecule has 1 aliphatic rings. The number of carbonyl (C=O) groups excluding carboxylic acids is 1. The molecule has 0 saturated heterocycles. The molecule has 27 heavy (non-hydrogen) atoms. The number of amides is 1. The number of aryl methyl sites for hydroxylation is 2. The average molecular weight is 408 g/mol. The molecule has 1 amide bonds. The van der Waals surface area contributed by atoms with Crippen molar-refractivity contribution in [3.63, 3.8) is 0 Å². The highest BCUT2D eigenvalue weighted by molar-refractivity contribution is 8.00. The van der Waals surface area contributed by atoms with E-state index < -0.39 is 0 Å². The maximum Gasteiger partial charge on any atom is 0.263 e. The van der Waals surface area contributed by atoms with Gasteiger partial charge in [-0.15, -0.1) is 17.9 Å². The molecule has 0 saturated carbocycles. The third kappa shape index (κ3) is 4.28. The van der Waals surface area contributed by atoms with E-state index in [1.807, 2.05) is 6.92 Å². The Morgan fingerprint density at radius 2 is 2.26 bits per heavy atom. The molecule has 146 valence electrons. The Labute approximate surface area is 167 Å². The molecule has 1 aliphatic carbocycles. The lowest BCUT2D eigenvalue weighted by atomic mass is 9.97. The smallest absolute Gasteiger partial charge is 0.263 e. The summed E-state index contributed by atoms with van der Waals surface area (Å²) in [5.41, 5.74) is 1.16. The van der Waals surface area contributed by atoms with Gasteiger partial charge in [-0.25, -0.2) is 4.98 Å². The monoisotopic (exact) mass is 407 g/mol. The van der Waals surface area contributed by atoms with Crippen molar-refractivity contribution >= 4 is 39.2 Å². The van der Waals surface area contributed by atoms with Gasteiger partial charge in [-0.05, 0) is 38.2 Å². The molecule has 1 N–H and O–H groups in total. The van der Waals surface area contributed by atoms with Gasteiger partial charge in [0.15, 0.2) is 5.16 Å². The van der Waals surface area contributed by atoms with E-state index in [1.165, 1.54) is 28.6 Å². The summed E-state index contributed by atoms with van der Waals surface area (Å²) >= 11 is 2.94. The van der Waals surface area contributed by atoms with Crippen molar-refractivity contribution in [3.8, 4) is 0 Å². The summed E-state index contributed by atoms with van der Waals surface area (Å²) in [7, 11) is 1.60. The summed E-state index contributed by atoms with van der Waals surface area (Å²) in [4.78, 5) is 32.3. The molecule has 0 unspecified atom stereocenters. The first-order valence-electron chi connectivity index (χ1n) is 9.16. The van der Waals surface area contributed by atoms with E-state index in [1.54, 1.807) is 29.1 Å². The fourth-order valence-corrected chi connectivity index (χ4v) is 5.48. The van der Waals surface area contributed by atoms with E-state index in [9.17, 15) is 9.59 Å². The van der Waals surface area contributed by atoms with E-state index in [-0.39, 0.29) is 16.7 Å². The Morgan fingerprint density at radius 1 is 1.48 bits per heavy atom. The molecule has 1 atom stereocenters. The van der Waals surface area contributed by atoms with Crippen molar-refractivity contribution in [2.45, 2.75) is 49.6 Å². The molecule has 2 aromatic heterocycles. The van der Waals surface area contributed by atoms with Gasteiger partial charge in [-0.3, -0.25) is 14.2 Å². The molecular formula is C19H25N3O3S2. The van der Waals surface area contributed by atoms with Crippen LogP contribution in [0.3, 0.4) is 0 Å². The van der Waals surface area contributed by atoms with Crippen LogP contribution in [-0.2, 0) is 28.9 Å². The minimum Gasteiger partial charge on any atom is -0.383 e. The molecule has 0 bridgehead atoms. The number of allylic oxidation sites excluding steroid dienone is 1. The summed E-state index contributed by atoms with van der Waals surface area (Å²) in [5, 5.41) is 3.80. The second-order valence-corrected chi connectivity index (χ2v) is 8.93. The maximum absolute atomic E-state index is 13.2. The number of ether oxygens (including phenoxy) is 1. The number of nitrogens with zero attached hydrogens (tertiary/aromatic N) is 2. The second-order valence-electron chi connectivity index (χ2n) is 6.53. The summed E-state index contributed by atoms with van der Waals surface area (Å²) in [6, 6.07) is 0. The topological polar surface area (TPSA) is 73.2 Å². The molecule has 2 aromatic rings. The zero-order chi connectivity index (χ0) is 19.4. The molecule has 8 heteroatoms. The fourth-order valence-electron chi connectivity index (χ4n) is 3.23. The molecular weight excluding hydrogens is 382 g/mol. The molecule has 2 heterocycles. The predicted molar refractivity (Wildman–Crippen MR) is 111 cm³/mol. The normalized spacial score (nSPS) is 14.7. The molecule has 0 radical (unpaired) electrons. The minimum absolute atomic E-state index is 0.0196. The number of carbonyl (C=O) groups is 1. The van der Waals surface area contributed by atoms with Crippen LogP contribution in [-0.4, -0.2) is 41.0 Å². The van der Waals surface area contributed by atoms with Crippen molar-refractivity contribution < 1.29 is 9.53 Å². The highest BCUT2D eigenvalue weighted by atomic mass is 32.2. The maximum atomic E-state index is 13.2. The van der Waals surface area contributed by atoms with Crippen molar-refractivity contribution in [1.29, 1.82) is 0 Å². The third-order valence-electron chi connectivity index (χ3n) is 4.61. The molecule has 6 nitrogen and oxygen atoms in total. The zero-order valence-corrected chi connectivity index (χ0v) is 17.4. The fraction of sp³-hybridized carbons (Fsp3) is 0.526. The van der Waals surface area contributed by atoms with Gasteiger partial charge in [-0.1, -0.05) is 17.8 Å². The van der Waals surface area contributed by atoms with Crippen LogP contribution in [0.5, 0.6) is 0 Å². The first kappa shape index (κ1) is 20.1. The Hall–Kier alpha value is -1.64. The highest BCUT2D eigenvalue weighted by Crippen LogP contribution is 2.35. The summed E-state index contributed by atoms with van der Waals surface area (Å²) in [6.45, 7) is 6.90. The van der Waals surface area contributed by atoms with Crippen LogP contribution < -0.4 is 10.9 Å². The van der Waals surface area contributed by atoms with E-state index >= 15 is 0 Å². The highest BCUT2D eigenvalue weighted by Gasteiger charge is 2.24. The minimum atomic E-state index is -0.364. The van der Waals surface area contributed by atoms with Gasteiger partial charge >= 0.3 is 0 Å². The van der Waals surface area contributed by atoms with Gasteiger partial charge in [0.05, 0.1) is 17.2 Å². The number of fused-ring (bicyclic) bond motifs is 3. The number of methoxy groups -OCH3 is 1. The van der Waals surface area contributed by atoms with Gasteiger partial charge < -0.3 is 10.1 Å². The van der Waals surface area contributed by atoms with Crippen LogP contribution in [0.25, 0.3) is 10.2 Å². The van der Waals surface area contributed by atoms with E-state index in [4.69, 9.17) is 9.72 Å². The number of hydrogen-bond acceptors (Lipinski definition) is 6. The van der Waals surface area contributed by atoms with Crippen molar-refractivity contribution in [3.05, 3.63) is 33.4 Å². The Balaban J connectivity index is 1.94. The summed E-state index contributed by atoms with van der Waals surface area (Å²) in [6.07, 6.45) is 5.96. The lowest BCUT2D eigenvalue weighted by Crippen LogP contribution is -2.34. The van der Waals surface area contributed by atoms with E-state index in [0.29, 0.717) is 24.9 Å². The van der Waals surface area contributed by atoms with Crippen molar-refractivity contribution in [2.24, 2.45) is 0 Å².